The highest BCUT2D eigenvalue weighted by Gasteiger charge is 2.43. The first-order valence-electron chi connectivity index (χ1n) is 6.26. The number of thiophene rings is 1. The van der Waals surface area contributed by atoms with Crippen LogP contribution in [0.3, 0.4) is 0 Å². The number of methoxy groups -OCH3 is 1. The highest BCUT2D eigenvalue weighted by atomic mass is 32.1. The summed E-state index contributed by atoms with van der Waals surface area (Å²) in [4.78, 5) is 16.1. The van der Waals surface area contributed by atoms with Crippen LogP contribution in [0.25, 0.3) is 10.3 Å². The van der Waals surface area contributed by atoms with E-state index in [1.54, 1.807) is 6.07 Å². The van der Waals surface area contributed by atoms with E-state index in [1.807, 2.05) is 4.57 Å². The van der Waals surface area contributed by atoms with Gasteiger partial charge in [0.25, 0.3) is 0 Å². The second-order valence-electron chi connectivity index (χ2n) is 5.17. The summed E-state index contributed by atoms with van der Waals surface area (Å²) in [6.45, 7) is 0.733. The van der Waals surface area contributed by atoms with Crippen molar-refractivity contribution in [1.82, 2.24) is 9.55 Å². The van der Waals surface area contributed by atoms with Crippen molar-refractivity contribution in [3.8, 4) is 6.07 Å². The molecule has 0 bridgehead atoms. The molecule has 104 valence electrons. The molecule has 5 nitrogen and oxygen atoms in total. The van der Waals surface area contributed by atoms with Crippen molar-refractivity contribution in [3.63, 3.8) is 0 Å². The molecular weight excluding hydrogens is 294 g/mol. The number of carbonyl (C=O) groups is 1. The van der Waals surface area contributed by atoms with E-state index in [1.165, 1.54) is 18.4 Å². The highest BCUT2D eigenvalue weighted by molar-refractivity contribution is 7.71. The molecule has 1 fully saturated rings. The van der Waals surface area contributed by atoms with Gasteiger partial charge in [0.2, 0.25) is 0 Å². The standard InChI is InChI=1S/C13H13N3O2S2/c1-18-11(17)9-6-8-10(20-9)15-12(19)16(8)7-13(2-3-13)4-5-14/h6H,2-4,7H2,1H3,(H,15,19). The third-order valence-corrected chi connectivity index (χ3v) is 5.10. The van der Waals surface area contributed by atoms with E-state index in [-0.39, 0.29) is 11.4 Å². The minimum absolute atomic E-state index is 0.0649. The van der Waals surface area contributed by atoms with Crippen molar-refractivity contribution >= 4 is 39.9 Å². The molecule has 1 aliphatic carbocycles. The first kappa shape index (κ1) is 13.3. The number of ether oxygens (including phenoxy) is 1. The number of rotatable bonds is 4. The third kappa shape index (κ3) is 2.15. The number of aromatic amines is 1. The van der Waals surface area contributed by atoms with Crippen LogP contribution < -0.4 is 0 Å². The molecule has 0 amide bonds. The van der Waals surface area contributed by atoms with Gasteiger partial charge in [-0.15, -0.1) is 11.3 Å². The summed E-state index contributed by atoms with van der Waals surface area (Å²) in [6, 6.07) is 4.06. The molecule has 1 saturated carbocycles. The molecule has 0 aromatic carbocycles. The number of esters is 1. The average molecular weight is 307 g/mol. The van der Waals surface area contributed by atoms with Gasteiger partial charge in [-0.05, 0) is 31.1 Å². The van der Waals surface area contributed by atoms with Crippen LogP contribution in [0.5, 0.6) is 0 Å². The molecule has 0 spiro atoms. The number of nitriles is 1. The Morgan fingerprint density at radius 3 is 3.05 bits per heavy atom. The van der Waals surface area contributed by atoms with Gasteiger partial charge in [-0.3, -0.25) is 0 Å². The summed E-state index contributed by atoms with van der Waals surface area (Å²) < 4.78 is 7.38. The van der Waals surface area contributed by atoms with Crippen LogP contribution in [-0.2, 0) is 11.3 Å². The number of carbonyl (C=O) groups excluding carboxylic acids is 1. The Morgan fingerprint density at radius 2 is 2.45 bits per heavy atom. The third-order valence-electron chi connectivity index (χ3n) is 3.76. The molecule has 3 rings (SSSR count). The molecule has 0 radical (unpaired) electrons. The smallest absolute Gasteiger partial charge is 0.348 e. The van der Waals surface area contributed by atoms with E-state index < -0.39 is 0 Å². The molecule has 1 aliphatic rings. The van der Waals surface area contributed by atoms with Gasteiger partial charge in [-0.2, -0.15) is 5.26 Å². The number of H-pyrrole nitrogens is 1. The summed E-state index contributed by atoms with van der Waals surface area (Å²) in [7, 11) is 1.37. The van der Waals surface area contributed by atoms with Gasteiger partial charge in [0.15, 0.2) is 4.77 Å². The Morgan fingerprint density at radius 1 is 1.70 bits per heavy atom. The van der Waals surface area contributed by atoms with Crippen LogP contribution >= 0.6 is 23.6 Å². The lowest BCUT2D eigenvalue weighted by Gasteiger charge is -2.12. The van der Waals surface area contributed by atoms with E-state index in [4.69, 9.17) is 22.2 Å². The second-order valence-corrected chi connectivity index (χ2v) is 6.61. The fourth-order valence-corrected chi connectivity index (χ4v) is 3.68. The Kier molecular flexibility index (Phi) is 3.15. The Labute approximate surface area is 124 Å². The predicted molar refractivity (Wildman–Crippen MR) is 78.2 cm³/mol. The number of imidazole rings is 1. The molecule has 0 unspecified atom stereocenters. The minimum Gasteiger partial charge on any atom is -0.465 e. The zero-order valence-corrected chi connectivity index (χ0v) is 12.6. The van der Waals surface area contributed by atoms with Gasteiger partial charge < -0.3 is 14.3 Å². The molecule has 0 aliphatic heterocycles. The molecule has 7 heteroatoms. The Bertz CT molecular complexity index is 774. The molecule has 0 saturated heterocycles. The van der Waals surface area contributed by atoms with E-state index in [0.717, 1.165) is 29.7 Å². The van der Waals surface area contributed by atoms with Crippen LogP contribution in [0.4, 0.5) is 0 Å². The SMILES string of the molecule is COC(=O)c1cc2c([nH]c(=S)n2CC2(CC#N)CC2)s1. The van der Waals surface area contributed by atoms with Gasteiger partial charge in [0.1, 0.15) is 9.71 Å². The van der Waals surface area contributed by atoms with Gasteiger partial charge in [-0.25, -0.2) is 4.79 Å². The zero-order chi connectivity index (χ0) is 14.3. The molecule has 2 aromatic heterocycles. The molecule has 20 heavy (non-hydrogen) atoms. The summed E-state index contributed by atoms with van der Waals surface area (Å²) in [5.41, 5.74) is 0.986. The lowest BCUT2D eigenvalue weighted by atomic mass is 10.0. The van der Waals surface area contributed by atoms with E-state index in [9.17, 15) is 4.79 Å². The lowest BCUT2D eigenvalue weighted by Crippen LogP contribution is -2.11. The van der Waals surface area contributed by atoms with Gasteiger partial charge in [-0.1, -0.05) is 0 Å². The molecule has 0 atom stereocenters. The van der Waals surface area contributed by atoms with Crippen LogP contribution in [0.15, 0.2) is 6.07 Å². The molecule has 2 heterocycles. The number of nitrogens with zero attached hydrogens (tertiary/aromatic N) is 2. The van der Waals surface area contributed by atoms with Crippen molar-refractivity contribution in [2.75, 3.05) is 7.11 Å². The summed E-state index contributed by atoms with van der Waals surface area (Å²) in [6.07, 6.45) is 2.67. The van der Waals surface area contributed by atoms with Gasteiger partial charge in [0.05, 0.1) is 18.7 Å². The maximum atomic E-state index is 11.6. The minimum atomic E-state index is -0.338. The molecular formula is C13H13N3O2S2. The summed E-state index contributed by atoms with van der Waals surface area (Å²) in [5, 5.41) is 8.91. The number of nitrogens with one attached hydrogen (secondary N) is 1. The zero-order valence-electron chi connectivity index (χ0n) is 10.9. The van der Waals surface area contributed by atoms with Crippen molar-refractivity contribution in [2.24, 2.45) is 5.41 Å². The average Bonchev–Trinajstić information content (AvgIpc) is 2.96. The largest absolute Gasteiger partial charge is 0.465 e. The second kappa shape index (κ2) is 4.72. The van der Waals surface area contributed by atoms with Crippen molar-refractivity contribution < 1.29 is 9.53 Å². The highest BCUT2D eigenvalue weighted by Crippen LogP contribution is 2.50. The fraction of sp³-hybridized carbons (Fsp3) is 0.462. The summed E-state index contributed by atoms with van der Waals surface area (Å²) >= 11 is 6.68. The molecule has 2 aromatic rings. The van der Waals surface area contributed by atoms with E-state index in [0.29, 0.717) is 16.1 Å². The number of hydrogen-bond acceptors (Lipinski definition) is 5. The van der Waals surface area contributed by atoms with Crippen molar-refractivity contribution in [3.05, 3.63) is 15.7 Å². The maximum absolute atomic E-state index is 11.6. The van der Waals surface area contributed by atoms with E-state index >= 15 is 0 Å². The first-order chi connectivity index (χ1) is 9.58. The number of fused-ring (bicyclic) bond motifs is 1. The monoisotopic (exact) mass is 307 g/mol. The fourth-order valence-electron chi connectivity index (χ4n) is 2.37. The van der Waals surface area contributed by atoms with Gasteiger partial charge >= 0.3 is 5.97 Å². The van der Waals surface area contributed by atoms with Crippen LogP contribution in [0, 0.1) is 21.5 Å². The van der Waals surface area contributed by atoms with E-state index in [2.05, 4.69) is 11.1 Å². The maximum Gasteiger partial charge on any atom is 0.348 e. The quantitative estimate of drug-likeness (QED) is 0.695. The Balaban J connectivity index is 2.00. The topological polar surface area (TPSA) is 70.8 Å². The first-order valence-corrected chi connectivity index (χ1v) is 7.49. The van der Waals surface area contributed by atoms with Crippen molar-refractivity contribution in [2.45, 2.75) is 25.8 Å². The number of hydrogen-bond donors (Lipinski definition) is 1. The Hall–Kier alpha value is -1.65. The normalized spacial score (nSPS) is 16.0. The van der Waals surface area contributed by atoms with Crippen LogP contribution in [-0.4, -0.2) is 22.6 Å². The lowest BCUT2D eigenvalue weighted by molar-refractivity contribution is 0.0606. The van der Waals surface area contributed by atoms with Gasteiger partial charge in [0, 0.05) is 18.4 Å². The van der Waals surface area contributed by atoms with Crippen LogP contribution in [0.1, 0.15) is 28.9 Å². The van der Waals surface area contributed by atoms with Crippen molar-refractivity contribution in [1.29, 1.82) is 5.26 Å². The summed E-state index contributed by atoms with van der Waals surface area (Å²) in [5.74, 6) is -0.338. The predicted octanol–water partition coefficient (Wildman–Crippen LogP) is 3.24. The number of aromatic nitrogens is 2. The molecule has 1 N–H and O–H groups in total. The van der Waals surface area contributed by atoms with Crippen LogP contribution in [0.2, 0.25) is 0 Å².